The smallest absolute Gasteiger partial charge is 0.258 e. The summed E-state index contributed by atoms with van der Waals surface area (Å²) < 4.78 is 0. The summed E-state index contributed by atoms with van der Waals surface area (Å²) >= 11 is 0. The van der Waals surface area contributed by atoms with E-state index >= 15 is 0 Å². The van der Waals surface area contributed by atoms with Crippen molar-refractivity contribution in [2.45, 2.75) is 13.8 Å². The Hall–Kier alpha value is -1.53. The van der Waals surface area contributed by atoms with Crippen LogP contribution in [0.3, 0.4) is 0 Å². The van der Waals surface area contributed by atoms with Crippen LogP contribution in [0, 0.1) is 5.21 Å². The van der Waals surface area contributed by atoms with Crippen LogP contribution in [-0.4, -0.2) is 35.6 Å². The third kappa shape index (κ3) is 4.83. The summed E-state index contributed by atoms with van der Waals surface area (Å²) in [5, 5.41) is 15.5. The number of amides is 1. The summed E-state index contributed by atoms with van der Waals surface area (Å²) in [6.45, 7) is 4.25. The highest BCUT2D eigenvalue weighted by molar-refractivity contribution is 5.74. The second-order valence-corrected chi connectivity index (χ2v) is 2.21. The Morgan fingerprint density at radius 1 is 1.62 bits per heavy atom. The van der Waals surface area contributed by atoms with Gasteiger partial charge in [-0.3, -0.25) is 4.79 Å². The summed E-state index contributed by atoms with van der Waals surface area (Å²) in [5.41, 5.74) is 4.76. The fraction of sp³-hybridized carbons (Fsp3) is 0.833. The molecule has 0 heterocycles. The van der Waals surface area contributed by atoms with Crippen LogP contribution in [-0.2, 0) is 9.63 Å². The summed E-state index contributed by atoms with van der Waals surface area (Å²) in [7, 11) is 0. The molecule has 0 aromatic heterocycles. The normalized spacial score (nSPS) is 11.1. The second-order valence-electron chi connectivity index (χ2n) is 2.21. The zero-order valence-corrected chi connectivity index (χ0v) is 7.77. The number of rotatable bonds is 6. The predicted molar refractivity (Wildman–Crippen MR) is 44.1 cm³/mol. The van der Waals surface area contributed by atoms with Crippen LogP contribution >= 0.6 is 0 Å². The maximum absolute atomic E-state index is 11.0. The SMILES string of the molecule is CCN(CC)[N+]([O-])=NOCC(N)=O. The van der Waals surface area contributed by atoms with E-state index in [1.165, 1.54) is 5.01 Å². The number of hydrogen-bond acceptors (Lipinski definition) is 4. The Bertz CT molecular complexity index is 190. The van der Waals surface area contributed by atoms with E-state index in [0.29, 0.717) is 18.1 Å². The molecule has 0 aliphatic carbocycles. The van der Waals surface area contributed by atoms with Crippen LogP contribution in [0.5, 0.6) is 0 Å². The fourth-order valence-corrected chi connectivity index (χ4v) is 0.659. The molecule has 0 aromatic rings. The number of hydrazine groups is 1. The average molecular weight is 190 g/mol. The average Bonchev–Trinajstić information content (AvgIpc) is 2.05. The monoisotopic (exact) mass is 190 g/mol. The molecule has 7 nitrogen and oxygen atoms in total. The molecule has 7 heteroatoms. The standard InChI is InChI=1S/C6H14N4O3/c1-3-9(4-2)10(12)8-13-5-6(7)11/h3-5H2,1-2H3,(H2,7,11). The topological polar surface area (TPSA) is 94.0 Å². The van der Waals surface area contributed by atoms with E-state index in [0.717, 1.165) is 0 Å². The molecule has 1 amide bonds. The quantitative estimate of drug-likeness (QED) is 0.351. The van der Waals surface area contributed by atoms with Crippen LogP contribution in [0.25, 0.3) is 0 Å². The molecule has 0 saturated carbocycles. The largest absolute Gasteiger partial charge is 0.569 e. The number of hydrogen-bond donors (Lipinski definition) is 1. The summed E-state index contributed by atoms with van der Waals surface area (Å²) in [5.74, 6) is -0.670. The maximum Gasteiger partial charge on any atom is 0.258 e. The van der Waals surface area contributed by atoms with Gasteiger partial charge in [0.1, 0.15) is 0 Å². The highest BCUT2D eigenvalue weighted by Gasteiger charge is 2.06. The molecule has 76 valence electrons. The Kier molecular flexibility index (Phi) is 5.33. The van der Waals surface area contributed by atoms with Crippen molar-refractivity contribution < 1.29 is 14.6 Å². The zero-order chi connectivity index (χ0) is 10.3. The van der Waals surface area contributed by atoms with Crippen LogP contribution in [0.1, 0.15) is 13.8 Å². The molecule has 0 unspecified atom stereocenters. The maximum atomic E-state index is 11.0. The Morgan fingerprint density at radius 3 is 2.54 bits per heavy atom. The van der Waals surface area contributed by atoms with Crippen LogP contribution in [0.15, 0.2) is 5.28 Å². The molecule has 13 heavy (non-hydrogen) atoms. The van der Waals surface area contributed by atoms with Crippen LogP contribution < -0.4 is 5.73 Å². The molecular weight excluding hydrogens is 176 g/mol. The molecule has 0 saturated heterocycles. The molecule has 0 aliphatic heterocycles. The zero-order valence-electron chi connectivity index (χ0n) is 7.77. The lowest BCUT2D eigenvalue weighted by molar-refractivity contribution is -0.709. The third-order valence-electron chi connectivity index (χ3n) is 1.31. The lowest BCUT2D eigenvalue weighted by atomic mass is 10.6. The van der Waals surface area contributed by atoms with Gasteiger partial charge >= 0.3 is 0 Å². The number of carbonyl (C=O) groups excluding carboxylic acids is 1. The minimum absolute atomic E-state index is 0.295. The van der Waals surface area contributed by atoms with Crippen LogP contribution in [0.4, 0.5) is 0 Å². The second kappa shape index (κ2) is 6.04. The van der Waals surface area contributed by atoms with Gasteiger partial charge in [0.25, 0.3) is 5.91 Å². The molecule has 2 N–H and O–H groups in total. The molecule has 0 aromatic carbocycles. The Morgan fingerprint density at radius 2 is 2.15 bits per heavy atom. The first-order chi connectivity index (χ1) is 6.11. The van der Waals surface area contributed by atoms with Gasteiger partial charge in [-0.25, -0.2) is 0 Å². The van der Waals surface area contributed by atoms with E-state index in [1.807, 2.05) is 0 Å². The van der Waals surface area contributed by atoms with Gasteiger partial charge in [-0.15, -0.1) is 5.01 Å². The molecule has 0 radical (unpaired) electrons. The lowest BCUT2D eigenvalue weighted by Crippen LogP contribution is -2.30. The van der Waals surface area contributed by atoms with Crippen molar-refractivity contribution >= 4 is 5.91 Å². The van der Waals surface area contributed by atoms with Gasteiger partial charge in [0.15, 0.2) is 0 Å². The van der Waals surface area contributed by atoms with Gasteiger partial charge < -0.3 is 15.8 Å². The van der Waals surface area contributed by atoms with Crippen molar-refractivity contribution in [3.63, 3.8) is 0 Å². The van der Waals surface area contributed by atoms with Gasteiger partial charge in [-0.05, 0) is 13.8 Å². The number of primary amides is 1. The number of carbonyl (C=O) groups is 1. The molecule has 0 bridgehead atoms. The number of nitrogens with zero attached hydrogens (tertiary/aromatic N) is 3. The van der Waals surface area contributed by atoms with Crippen molar-refractivity contribution in [1.29, 1.82) is 0 Å². The molecule has 0 rings (SSSR count). The van der Waals surface area contributed by atoms with Gasteiger partial charge in [-0.1, -0.05) is 0 Å². The Balaban J connectivity index is 3.91. The van der Waals surface area contributed by atoms with Crippen molar-refractivity contribution in [2.24, 2.45) is 11.0 Å². The fourth-order valence-electron chi connectivity index (χ4n) is 0.659. The van der Waals surface area contributed by atoms with Gasteiger partial charge in [0.05, 0.1) is 18.1 Å². The summed E-state index contributed by atoms with van der Waals surface area (Å²) in [6, 6.07) is 0. The van der Waals surface area contributed by atoms with E-state index in [2.05, 4.69) is 10.1 Å². The molecule has 0 fully saturated rings. The first-order valence-electron chi connectivity index (χ1n) is 3.95. The van der Waals surface area contributed by atoms with E-state index in [1.54, 1.807) is 13.8 Å². The van der Waals surface area contributed by atoms with Crippen LogP contribution in [0.2, 0.25) is 0 Å². The van der Waals surface area contributed by atoms with Gasteiger partial charge in [0, 0.05) is 0 Å². The van der Waals surface area contributed by atoms with Gasteiger partial charge in [-0.2, -0.15) is 0 Å². The summed E-state index contributed by atoms with van der Waals surface area (Å²) in [4.78, 5) is 14.9. The third-order valence-corrected chi connectivity index (χ3v) is 1.31. The highest BCUT2D eigenvalue weighted by Crippen LogP contribution is 1.89. The van der Waals surface area contributed by atoms with Crippen molar-refractivity contribution in [3.05, 3.63) is 5.21 Å². The molecule has 0 atom stereocenters. The van der Waals surface area contributed by atoms with E-state index < -0.39 is 5.91 Å². The minimum Gasteiger partial charge on any atom is -0.569 e. The van der Waals surface area contributed by atoms with Crippen molar-refractivity contribution in [2.75, 3.05) is 19.7 Å². The van der Waals surface area contributed by atoms with E-state index in [-0.39, 0.29) is 6.61 Å². The summed E-state index contributed by atoms with van der Waals surface area (Å²) in [6.07, 6.45) is 0. The van der Waals surface area contributed by atoms with Crippen molar-refractivity contribution in [1.82, 2.24) is 5.01 Å². The van der Waals surface area contributed by atoms with E-state index in [4.69, 9.17) is 5.73 Å². The number of nitrogens with two attached hydrogens (primary N) is 1. The first kappa shape index (κ1) is 11.5. The molecular formula is C6H14N4O3. The van der Waals surface area contributed by atoms with Crippen molar-refractivity contribution in [3.8, 4) is 0 Å². The molecule has 0 spiro atoms. The first-order valence-corrected chi connectivity index (χ1v) is 3.95. The highest BCUT2D eigenvalue weighted by atomic mass is 16.7. The van der Waals surface area contributed by atoms with Gasteiger partial charge in [0.2, 0.25) is 11.9 Å². The predicted octanol–water partition coefficient (Wildman–Crippen LogP) is -0.377. The minimum atomic E-state index is -0.670. The lowest BCUT2D eigenvalue weighted by Gasteiger charge is -2.12. The van der Waals surface area contributed by atoms with E-state index in [9.17, 15) is 10.0 Å². The Labute approximate surface area is 76.3 Å². The molecule has 0 aliphatic rings.